The average Bonchev–Trinajstić information content (AvgIpc) is 3.19. The van der Waals surface area contributed by atoms with Gasteiger partial charge in [-0.25, -0.2) is 4.79 Å². The molecule has 51 heavy (non-hydrogen) atoms. The van der Waals surface area contributed by atoms with Gasteiger partial charge in [0.1, 0.15) is 37.2 Å². The average molecular weight is 686 g/mol. The van der Waals surface area contributed by atoms with E-state index in [0.29, 0.717) is 6.61 Å². The molecule has 8 nitrogen and oxygen atoms in total. The number of ether oxygens (including phenoxy) is 5. The molecule has 0 saturated carbocycles. The Labute approximate surface area is 299 Å². The molecule has 1 aliphatic heterocycles. The summed E-state index contributed by atoms with van der Waals surface area (Å²) in [5.74, 6) is 0. The molecule has 5 aromatic rings. The van der Waals surface area contributed by atoms with E-state index in [1.807, 2.05) is 152 Å². The molecule has 0 spiro atoms. The molecule has 1 fully saturated rings. The molecule has 8 heteroatoms. The fourth-order valence-corrected chi connectivity index (χ4v) is 6.27. The Hall–Kier alpha value is -5.12. The smallest absolute Gasteiger partial charge is 0.411 e. The first-order valence-electron chi connectivity index (χ1n) is 17.2. The predicted molar refractivity (Wildman–Crippen MR) is 193 cm³/mol. The van der Waals surface area contributed by atoms with Crippen LogP contribution in [0.4, 0.5) is 4.79 Å². The van der Waals surface area contributed by atoms with Crippen LogP contribution in [0.2, 0.25) is 0 Å². The molecule has 0 bridgehead atoms. The number of carbonyl (C=O) groups is 2. The Bertz CT molecular complexity index is 1740. The van der Waals surface area contributed by atoms with E-state index in [9.17, 15) is 9.59 Å². The number of aldehydes is 1. The van der Waals surface area contributed by atoms with Crippen LogP contribution in [0, 0.1) is 0 Å². The summed E-state index contributed by atoms with van der Waals surface area (Å²) in [4.78, 5) is 28.9. The highest BCUT2D eigenvalue weighted by Gasteiger charge is 2.54. The van der Waals surface area contributed by atoms with E-state index in [1.54, 1.807) is 0 Å². The fraction of sp³-hybridized carbons (Fsp3) is 0.256. The molecule has 1 aliphatic rings. The quantitative estimate of drug-likeness (QED) is 0.0993. The van der Waals surface area contributed by atoms with Crippen molar-refractivity contribution in [2.45, 2.75) is 63.4 Å². The molecule has 5 aromatic carbocycles. The van der Waals surface area contributed by atoms with Gasteiger partial charge in [0.05, 0.1) is 39.1 Å². The van der Waals surface area contributed by atoms with Crippen LogP contribution < -0.4 is 0 Å². The van der Waals surface area contributed by atoms with Crippen molar-refractivity contribution < 1.29 is 33.3 Å². The molecule has 0 radical (unpaired) electrons. The lowest BCUT2D eigenvalue weighted by Crippen LogP contribution is -2.70. The third kappa shape index (κ3) is 9.99. The van der Waals surface area contributed by atoms with Gasteiger partial charge in [-0.15, -0.1) is 0 Å². The number of rotatable bonds is 16. The zero-order valence-corrected chi connectivity index (χ0v) is 28.4. The fourth-order valence-electron chi connectivity index (χ4n) is 6.27. The number of hydrogen-bond acceptors (Lipinski definition) is 7. The van der Waals surface area contributed by atoms with Crippen LogP contribution in [0.3, 0.4) is 0 Å². The molecule has 0 N–H and O–H groups in total. The van der Waals surface area contributed by atoms with Crippen molar-refractivity contribution in [3.63, 3.8) is 0 Å². The Balaban J connectivity index is 1.37. The van der Waals surface area contributed by atoms with Crippen molar-refractivity contribution in [2.75, 3.05) is 6.61 Å². The third-order valence-corrected chi connectivity index (χ3v) is 8.85. The zero-order valence-electron chi connectivity index (χ0n) is 28.4. The number of nitrogens with zero attached hydrogens (tertiary/aromatic N) is 1. The predicted octanol–water partition coefficient (Wildman–Crippen LogP) is 7.55. The molecule has 1 saturated heterocycles. The number of likely N-dealkylation sites (tertiary alicyclic amines) is 1. The first-order valence-corrected chi connectivity index (χ1v) is 17.2. The van der Waals surface area contributed by atoms with Crippen LogP contribution >= 0.6 is 0 Å². The van der Waals surface area contributed by atoms with E-state index >= 15 is 0 Å². The SMILES string of the molecule is O=C[C@H]1[C@H](OCc2ccccc2)[C@@H](OCc2ccccc2)[C@H](OCc2ccccc2)[C@@H](COCc2ccccc2)N1C(=O)OCc1ccccc1. The van der Waals surface area contributed by atoms with E-state index < -0.39 is 36.5 Å². The second-order valence-electron chi connectivity index (χ2n) is 12.4. The van der Waals surface area contributed by atoms with Crippen LogP contribution in [0.15, 0.2) is 152 Å². The van der Waals surface area contributed by atoms with Gasteiger partial charge in [-0.1, -0.05) is 152 Å². The molecule has 0 aliphatic carbocycles. The maximum atomic E-state index is 14.2. The van der Waals surface area contributed by atoms with Gasteiger partial charge in [0.25, 0.3) is 0 Å². The summed E-state index contributed by atoms with van der Waals surface area (Å²) in [5.41, 5.74) is 4.60. The summed E-state index contributed by atoms with van der Waals surface area (Å²) < 4.78 is 32.3. The monoisotopic (exact) mass is 685 g/mol. The lowest BCUT2D eigenvalue weighted by Gasteiger charge is -2.50. The van der Waals surface area contributed by atoms with Gasteiger partial charge in [-0.05, 0) is 27.8 Å². The first kappa shape index (κ1) is 35.7. The molecule has 0 aromatic heterocycles. The van der Waals surface area contributed by atoms with E-state index in [2.05, 4.69) is 0 Å². The van der Waals surface area contributed by atoms with E-state index in [0.717, 1.165) is 34.1 Å². The van der Waals surface area contributed by atoms with Crippen LogP contribution in [-0.2, 0) is 61.5 Å². The summed E-state index contributed by atoms with van der Waals surface area (Å²) in [6, 6.07) is 46.7. The number of benzene rings is 5. The van der Waals surface area contributed by atoms with Crippen LogP contribution in [-0.4, -0.2) is 54.3 Å². The number of carbonyl (C=O) groups excluding carboxylic acids is 2. The summed E-state index contributed by atoms with van der Waals surface area (Å²) >= 11 is 0. The minimum atomic E-state index is -1.07. The maximum absolute atomic E-state index is 14.2. The Morgan fingerprint density at radius 1 is 0.490 bits per heavy atom. The highest BCUT2D eigenvalue weighted by Crippen LogP contribution is 2.33. The standard InChI is InChI=1S/C43H43NO7/c45-26-38-40(48-28-34-18-8-2-9-19-34)42(50-30-36-22-12-4-13-23-36)41(49-29-35-20-10-3-11-21-35)39(32-47-27-33-16-6-1-7-17-33)44(38)43(46)51-31-37-24-14-5-15-25-37/h1-26,38-42H,27-32H2/t38-,39+,40-,41+,42+/m0/s1. The summed E-state index contributed by atoms with van der Waals surface area (Å²) in [6.45, 7) is 1.03. The van der Waals surface area contributed by atoms with Gasteiger partial charge in [-0.3, -0.25) is 4.90 Å². The first-order chi connectivity index (χ1) is 25.2. The topological polar surface area (TPSA) is 83.5 Å². The van der Waals surface area contributed by atoms with Gasteiger partial charge >= 0.3 is 6.09 Å². The minimum Gasteiger partial charge on any atom is -0.445 e. The van der Waals surface area contributed by atoms with Crippen molar-refractivity contribution in [1.82, 2.24) is 4.90 Å². The van der Waals surface area contributed by atoms with Gasteiger partial charge < -0.3 is 28.5 Å². The van der Waals surface area contributed by atoms with Gasteiger partial charge in [0, 0.05) is 0 Å². The number of amides is 1. The van der Waals surface area contributed by atoms with Crippen molar-refractivity contribution in [3.05, 3.63) is 179 Å². The highest BCUT2D eigenvalue weighted by molar-refractivity contribution is 5.75. The van der Waals surface area contributed by atoms with Gasteiger partial charge in [0.15, 0.2) is 0 Å². The molecular formula is C43H43NO7. The highest BCUT2D eigenvalue weighted by atomic mass is 16.6. The van der Waals surface area contributed by atoms with Crippen LogP contribution in [0.25, 0.3) is 0 Å². The molecule has 5 atom stereocenters. The Kier molecular flexibility index (Phi) is 13.1. The van der Waals surface area contributed by atoms with Gasteiger partial charge in [0.2, 0.25) is 0 Å². The van der Waals surface area contributed by atoms with Crippen LogP contribution in [0.1, 0.15) is 27.8 Å². The van der Waals surface area contributed by atoms with Crippen molar-refractivity contribution in [2.24, 2.45) is 0 Å². The van der Waals surface area contributed by atoms with E-state index in [-0.39, 0.29) is 33.0 Å². The molecule has 6 rings (SSSR count). The maximum Gasteiger partial charge on any atom is 0.411 e. The lowest BCUT2D eigenvalue weighted by molar-refractivity contribution is -0.219. The van der Waals surface area contributed by atoms with E-state index in [1.165, 1.54) is 4.90 Å². The Morgan fingerprint density at radius 2 is 0.863 bits per heavy atom. The number of hydrogen-bond donors (Lipinski definition) is 0. The van der Waals surface area contributed by atoms with Crippen LogP contribution in [0.5, 0.6) is 0 Å². The second-order valence-corrected chi connectivity index (χ2v) is 12.4. The minimum absolute atomic E-state index is 0.0261. The lowest BCUT2D eigenvalue weighted by atomic mass is 9.88. The van der Waals surface area contributed by atoms with Crippen molar-refractivity contribution >= 4 is 12.4 Å². The van der Waals surface area contributed by atoms with Gasteiger partial charge in [-0.2, -0.15) is 0 Å². The normalized spacial score (nSPS) is 20.1. The molecular weight excluding hydrogens is 642 g/mol. The van der Waals surface area contributed by atoms with E-state index in [4.69, 9.17) is 23.7 Å². The third-order valence-electron chi connectivity index (χ3n) is 8.85. The summed E-state index contributed by atoms with van der Waals surface area (Å²) in [6.07, 6.45) is -2.37. The summed E-state index contributed by atoms with van der Waals surface area (Å²) in [5, 5.41) is 0. The summed E-state index contributed by atoms with van der Waals surface area (Å²) in [7, 11) is 0. The van der Waals surface area contributed by atoms with Crippen molar-refractivity contribution in [1.29, 1.82) is 0 Å². The molecule has 1 amide bonds. The molecule has 1 heterocycles. The zero-order chi connectivity index (χ0) is 35.1. The largest absolute Gasteiger partial charge is 0.445 e. The molecule has 262 valence electrons. The number of piperidine rings is 1. The van der Waals surface area contributed by atoms with Crippen molar-refractivity contribution in [3.8, 4) is 0 Å². The second kappa shape index (κ2) is 18.8. The Morgan fingerprint density at radius 3 is 1.29 bits per heavy atom. The molecule has 0 unspecified atom stereocenters.